The van der Waals surface area contributed by atoms with Gasteiger partial charge in [-0.2, -0.15) is 0 Å². The van der Waals surface area contributed by atoms with Gasteiger partial charge in [0.2, 0.25) is 10.0 Å². The van der Waals surface area contributed by atoms with Gasteiger partial charge in [-0.1, -0.05) is 0 Å². The van der Waals surface area contributed by atoms with Crippen molar-refractivity contribution in [3.63, 3.8) is 0 Å². The molecule has 0 radical (unpaired) electrons. The van der Waals surface area contributed by atoms with E-state index in [9.17, 15) is 13.2 Å². The van der Waals surface area contributed by atoms with Crippen molar-refractivity contribution in [3.05, 3.63) is 28.7 Å². The molecule has 0 bridgehead atoms. The summed E-state index contributed by atoms with van der Waals surface area (Å²) in [6.45, 7) is 0. The first kappa shape index (κ1) is 10.7. The van der Waals surface area contributed by atoms with Crippen molar-refractivity contribution in [1.29, 1.82) is 0 Å². The standard InChI is InChI=1S/C9H11N3O3S/c1-12-8-4-3-6(11-16(2,14)15)5-7(8)10-9(12)13/h3-5,11H,1-2H3,(H,10,13). The number of imidazole rings is 1. The third kappa shape index (κ3) is 1.94. The number of nitrogens with one attached hydrogen (secondary N) is 2. The summed E-state index contributed by atoms with van der Waals surface area (Å²) in [4.78, 5) is 13.9. The fraction of sp³-hybridized carbons (Fsp3) is 0.222. The zero-order chi connectivity index (χ0) is 11.9. The Morgan fingerprint density at radius 1 is 1.38 bits per heavy atom. The molecule has 2 N–H and O–H groups in total. The van der Waals surface area contributed by atoms with Gasteiger partial charge in [0.25, 0.3) is 0 Å². The van der Waals surface area contributed by atoms with E-state index < -0.39 is 10.0 Å². The van der Waals surface area contributed by atoms with E-state index >= 15 is 0 Å². The van der Waals surface area contributed by atoms with Crippen LogP contribution in [0, 0.1) is 0 Å². The smallest absolute Gasteiger partial charge is 0.305 e. The lowest BCUT2D eigenvalue weighted by Gasteiger charge is -2.03. The Balaban J connectivity index is 2.57. The van der Waals surface area contributed by atoms with Crippen LogP contribution < -0.4 is 10.4 Å². The van der Waals surface area contributed by atoms with Gasteiger partial charge < -0.3 is 4.98 Å². The Morgan fingerprint density at radius 3 is 2.69 bits per heavy atom. The van der Waals surface area contributed by atoms with Crippen LogP contribution in [0.25, 0.3) is 11.0 Å². The fourth-order valence-electron chi connectivity index (χ4n) is 1.51. The van der Waals surface area contributed by atoms with Crippen molar-refractivity contribution < 1.29 is 8.42 Å². The Morgan fingerprint density at radius 2 is 2.06 bits per heavy atom. The first-order valence-corrected chi connectivity index (χ1v) is 6.42. The van der Waals surface area contributed by atoms with E-state index in [1.807, 2.05) is 0 Å². The first-order valence-electron chi connectivity index (χ1n) is 4.53. The molecular formula is C9H11N3O3S. The Bertz CT molecular complexity index is 696. The van der Waals surface area contributed by atoms with Crippen LogP contribution in [0.15, 0.2) is 23.0 Å². The van der Waals surface area contributed by atoms with Crippen LogP contribution in [-0.2, 0) is 17.1 Å². The summed E-state index contributed by atoms with van der Waals surface area (Å²) >= 11 is 0. The Kier molecular flexibility index (Phi) is 2.27. The van der Waals surface area contributed by atoms with Crippen molar-refractivity contribution in [2.75, 3.05) is 11.0 Å². The van der Waals surface area contributed by atoms with Crippen molar-refractivity contribution in [2.24, 2.45) is 7.05 Å². The molecule has 0 saturated carbocycles. The van der Waals surface area contributed by atoms with E-state index in [-0.39, 0.29) is 5.69 Å². The number of hydrogen-bond acceptors (Lipinski definition) is 3. The molecule has 2 aromatic rings. The van der Waals surface area contributed by atoms with Gasteiger partial charge >= 0.3 is 5.69 Å². The number of aromatic nitrogens is 2. The highest BCUT2D eigenvalue weighted by atomic mass is 32.2. The SMILES string of the molecule is Cn1c(=O)[nH]c2cc(NS(C)(=O)=O)ccc21. The minimum atomic E-state index is -3.30. The summed E-state index contributed by atoms with van der Waals surface area (Å²) in [6.07, 6.45) is 1.07. The maximum absolute atomic E-state index is 11.3. The van der Waals surface area contributed by atoms with Gasteiger partial charge in [0.05, 0.1) is 23.0 Å². The molecule has 0 aliphatic carbocycles. The van der Waals surface area contributed by atoms with Crippen molar-refractivity contribution in [1.82, 2.24) is 9.55 Å². The largest absolute Gasteiger partial charge is 0.326 e. The van der Waals surface area contributed by atoms with E-state index in [0.717, 1.165) is 11.8 Å². The minimum absolute atomic E-state index is 0.230. The number of hydrogen-bond donors (Lipinski definition) is 2. The summed E-state index contributed by atoms with van der Waals surface area (Å²) in [5.74, 6) is 0. The molecule has 86 valence electrons. The van der Waals surface area contributed by atoms with Crippen LogP contribution in [0.3, 0.4) is 0 Å². The average Bonchev–Trinajstić information content (AvgIpc) is 2.40. The van der Waals surface area contributed by atoms with Crippen LogP contribution in [-0.4, -0.2) is 24.2 Å². The van der Waals surface area contributed by atoms with E-state index in [2.05, 4.69) is 9.71 Å². The topological polar surface area (TPSA) is 84.0 Å². The van der Waals surface area contributed by atoms with Gasteiger partial charge in [-0.05, 0) is 18.2 Å². The number of fused-ring (bicyclic) bond motifs is 1. The molecule has 0 aliphatic rings. The van der Waals surface area contributed by atoms with Crippen LogP contribution >= 0.6 is 0 Å². The lowest BCUT2D eigenvalue weighted by molar-refractivity contribution is 0.607. The molecule has 1 aromatic carbocycles. The van der Waals surface area contributed by atoms with Crippen molar-refractivity contribution in [2.45, 2.75) is 0 Å². The van der Waals surface area contributed by atoms with Crippen LogP contribution in [0.1, 0.15) is 0 Å². The molecule has 6 nitrogen and oxygen atoms in total. The highest BCUT2D eigenvalue weighted by Gasteiger charge is 2.06. The van der Waals surface area contributed by atoms with Gasteiger partial charge in [-0.15, -0.1) is 0 Å². The second-order valence-electron chi connectivity index (χ2n) is 3.60. The maximum atomic E-state index is 11.3. The van der Waals surface area contributed by atoms with Crippen LogP contribution in [0.4, 0.5) is 5.69 Å². The Hall–Kier alpha value is -1.76. The summed E-state index contributed by atoms with van der Waals surface area (Å²) in [6, 6.07) is 4.87. The molecule has 0 amide bonds. The molecule has 0 spiro atoms. The lowest BCUT2D eigenvalue weighted by atomic mass is 10.3. The number of aromatic amines is 1. The number of H-pyrrole nitrogens is 1. The van der Waals surface area contributed by atoms with Crippen molar-refractivity contribution >= 4 is 26.7 Å². The summed E-state index contributed by atoms with van der Waals surface area (Å²) in [7, 11) is -1.65. The van der Waals surface area contributed by atoms with Gasteiger partial charge in [0.15, 0.2) is 0 Å². The van der Waals surface area contributed by atoms with E-state index in [1.54, 1.807) is 25.2 Å². The monoisotopic (exact) mass is 241 g/mol. The third-order valence-corrected chi connectivity index (χ3v) is 2.81. The number of nitrogens with zero attached hydrogens (tertiary/aromatic N) is 1. The number of anilines is 1. The molecule has 2 rings (SSSR count). The molecule has 0 atom stereocenters. The van der Waals surface area contributed by atoms with E-state index in [1.165, 1.54) is 4.57 Å². The number of aryl methyl sites for hydroxylation is 1. The molecule has 0 aliphatic heterocycles. The summed E-state index contributed by atoms with van der Waals surface area (Å²) in [5, 5.41) is 0. The number of sulfonamides is 1. The molecule has 7 heteroatoms. The van der Waals surface area contributed by atoms with Crippen molar-refractivity contribution in [3.8, 4) is 0 Å². The van der Waals surface area contributed by atoms with Crippen LogP contribution in [0.2, 0.25) is 0 Å². The van der Waals surface area contributed by atoms with Gasteiger partial charge in [0.1, 0.15) is 0 Å². The second-order valence-corrected chi connectivity index (χ2v) is 5.34. The second kappa shape index (κ2) is 3.38. The van der Waals surface area contributed by atoms with E-state index in [4.69, 9.17) is 0 Å². The molecular weight excluding hydrogens is 230 g/mol. The molecule has 1 aromatic heterocycles. The molecule has 1 heterocycles. The molecule has 0 saturated heterocycles. The Labute approximate surface area is 92.0 Å². The number of rotatable bonds is 2. The quantitative estimate of drug-likeness (QED) is 0.789. The molecule has 16 heavy (non-hydrogen) atoms. The van der Waals surface area contributed by atoms with Gasteiger partial charge in [-0.3, -0.25) is 9.29 Å². The molecule has 0 fully saturated rings. The zero-order valence-corrected chi connectivity index (χ0v) is 9.63. The first-order chi connectivity index (χ1) is 7.37. The minimum Gasteiger partial charge on any atom is -0.305 e. The predicted molar refractivity (Wildman–Crippen MR) is 62.0 cm³/mol. The summed E-state index contributed by atoms with van der Waals surface area (Å²) in [5.41, 5.74) is 1.52. The summed E-state index contributed by atoms with van der Waals surface area (Å²) < 4.78 is 25.8. The highest BCUT2D eigenvalue weighted by molar-refractivity contribution is 7.92. The van der Waals surface area contributed by atoms with Gasteiger partial charge in [0, 0.05) is 7.05 Å². The average molecular weight is 241 g/mol. The van der Waals surface area contributed by atoms with E-state index in [0.29, 0.717) is 11.2 Å². The zero-order valence-electron chi connectivity index (χ0n) is 8.81. The predicted octanol–water partition coefficient (Wildman–Crippen LogP) is 0.238. The fourth-order valence-corrected chi connectivity index (χ4v) is 2.07. The third-order valence-electron chi connectivity index (χ3n) is 2.21. The number of benzene rings is 1. The highest BCUT2D eigenvalue weighted by Crippen LogP contribution is 2.16. The lowest BCUT2D eigenvalue weighted by Crippen LogP contribution is -2.11. The normalized spacial score (nSPS) is 11.9. The van der Waals surface area contributed by atoms with Gasteiger partial charge in [-0.25, -0.2) is 13.2 Å². The van der Waals surface area contributed by atoms with Crippen LogP contribution in [0.5, 0.6) is 0 Å². The maximum Gasteiger partial charge on any atom is 0.326 e. The molecule has 0 unspecified atom stereocenters.